The number of allylic oxidation sites excluding steroid dienone is 1. The highest BCUT2D eigenvalue weighted by molar-refractivity contribution is 7.11. The molecule has 116 valence electrons. The molecule has 0 unspecified atom stereocenters. The molecule has 0 radical (unpaired) electrons. The molecule has 0 saturated heterocycles. The van der Waals surface area contributed by atoms with Crippen molar-refractivity contribution in [1.82, 2.24) is 9.97 Å². The summed E-state index contributed by atoms with van der Waals surface area (Å²) in [5, 5.41) is 22.5. The van der Waals surface area contributed by atoms with Crippen molar-refractivity contribution in [3.05, 3.63) is 74.9 Å². The molecule has 7 heteroatoms. The van der Waals surface area contributed by atoms with Crippen LogP contribution in [-0.4, -0.2) is 14.9 Å². The lowest BCUT2D eigenvalue weighted by Crippen LogP contribution is -1.87. The Labute approximate surface area is 141 Å². The first-order chi connectivity index (χ1) is 11.7. The second-order valence-corrected chi connectivity index (χ2v) is 5.65. The fourth-order valence-electron chi connectivity index (χ4n) is 2.05. The third-order valence-electron chi connectivity index (χ3n) is 3.25. The minimum Gasteiger partial charge on any atom is -0.265 e. The predicted octanol–water partition coefficient (Wildman–Crippen LogP) is 4.18. The van der Waals surface area contributed by atoms with Crippen LogP contribution < -0.4 is 0 Å². The fourth-order valence-corrected chi connectivity index (χ4v) is 2.85. The SMILES string of the molecule is N#CC(=Cc1ccc([N+](=O)[O-])cc1)c1nc(-c2ccncc2)cs1. The van der Waals surface area contributed by atoms with Crippen molar-refractivity contribution in [2.45, 2.75) is 0 Å². The van der Waals surface area contributed by atoms with Gasteiger partial charge in [0.15, 0.2) is 0 Å². The van der Waals surface area contributed by atoms with E-state index >= 15 is 0 Å². The van der Waals surface area contributed by atoms with Gasteiger partial charge < -0.3 is 0 Å². The van der Waals surface area contributed by atoms with Crippen LogP contribution in [0.25, 0.3) is 22.9 Å². The zero-order valence-electron chi connectivity index (χ0n) is 12.3. The summed E-state index contributed by atoms with van der Waals surface area (Å²) in [6.07, 6.45) is 5.04. The second-order valence-electron chi connectivity index (χ2n) is 4.79. The zero-order valence-corrected chi connectivity index (χ0v) is 13.1. The number of nitrogens with zero attached hydrogens (tertiary/aromatic N) is 4. The molecule has 0 saturated carbocycles. The minimum absolute atomic E-state index is 0.0138. The summed E-state index contributed by atoms with van der Waals surface area (Å²) in [5.41, 5.74) is 2.84. The number of hydrogen-bond acceptors (Lipinski definition) is 6. The Balaban J connectivity index is 1.90. The quantitative estimate of drug-likeness (QED) is 0.405. The Bertz CT molecular complexity index is 941. The van der Waals surface area contributed by atoms with Crippen LogP contribution in [0.3, 0.4) is 0 Å². The summed E-state index contributed by atoms with van der Waals surface area (Å²) in [6.45, 7) is 0. The number of nitro benzene ring substituents is 1. The van der Waals surface area contributed by atoms with Crippen LogP contribution in [0.5, 0.6) is 0 Å². The van der Waals surface area contributed by atoms with Gasteiger partial charge in [-0.25, -0.2) is 4.98 Å². The van der Waals surface area contributed by atoms with Gasteiger partial charge in [0.25, 0.3) is 5.69 Å². The van der Waals surface area contributed by atoms with Crippen molar-refractivity contribution in [1.29, 1.82) is 5.26 Å². The van der Waals surface area contributed by atoms with Gasteiger partial charge in [-0.15, -0.1) is 11.3 Å². The number of non-ortho nitro benzene ring substituents is 1. The number of hydrogen-bond donors (Lipinski definition) is 0. The van der Waals surface area contributed by atoms with Crippen molar-refractivity contribution in [3.63, 3.8) is 0 Å². The highest BCUT2D eigenvalue weighted by atomic mass is 32.1. The number of aromatic nitrogens is 2. The van der Waals surface area contributed by atoms with Crippen LogP contribution in [0.1, 0.15) is 10.6 Å². The molecule has 2 heterocycles. The molecule has 2 aromatic heterocycles. The smallest absolute Gasteiger partial charge is 0.265 e. The Morgan fingerprint density at radius 1 is 1.21 bits per heavy atom. The van der Waals surface area contributed by atoms with E-state index in [1.807, 2.05) is 17.5 Å². The van der Waals surface area contributed by atoms with Gasteiger partial charge in [0, 0.05) is 35.5 Å². The van der Waals surface area contributed by atoms with Gasteiger partial charge in [-0.3, -0.25) is 15.1 Å². The number of nitriles is 1. The van der Waals surface area contributed by atoms with Gasteiger partial charge >= 0.3 is 0 Å². The largest absolute Gasteiger partial charge is 0.269 e. The van der Waals surface area contributed by atoms with Gasteiger partial charge in [-0.1, -0.05) is 0 Å². The molecule has 1 aromatic carbocycles. The van der Waals surface area contributed by atoms with Crippen molar-refractivity contribution < 1.29 is 4.92 Å². The minimum atomic E-state index is -0.458. The first-order valence-corrected chi connectivity index (χ1v) is 7.78. The molecule has 0 N–H and O–H groups in total. The lowest BCUT2D eigenvalue weighted by molar-refractivity contribution is -0.384. The molecule has 0 atom stereocenters. The van der Waals surface area contributed by atoms with E-state index in [9.17, 15) is 15.4 Å². The van der Waals surface area contributed by atoms with E-state index in [0.29, 0.717) is 16.1 Å². The molecular formula is C17H10N4O2S. The van der Waals surface area contributed by atoms with Crippen molar-refractivity contribution in [2.75, 3.05) is 0 Å². The Morgan fingerprint density at radius 3 is 2.54 bits per heavy atom. The van der Waals surface area contributed by atoms with E-state index in [0.717, 1.165) is 11.3 Å². The van der Waals surface area contributed by atoms with E-state index in [-0.39, 0.29) is 5.69 Å². The number of benzene rings is 1. The molecule has 0 aliphatic heterocycles. The Morgan fingerprint density at radius 2 is 1.92 bits per heavy atom. The van der Waals surface area contributed by atoms with E-state index < -0.39 is 4.92 Å². The number of nitro groups is 1. The van der Waals surface area contributed by atoms with E-state index in [4.69, 9.17) is 0 Å². The van der Waals surface area contributed by atoms with Crippen molar-refractivity contribution in [2.24, 2.45) is 0 Å². The van der Waals surface area contributed by atoms with Crippen LogP contribution in [0.15, 0.2) is 54.2 Å². The first-order valence-electron chi connectivity index (χ1n) is 6.90. The molecule has 6 nitrogen and oxygen atoms in total. The summed E-state index contributed by atoms with van der Waals surface area (Å²) in [6, 6.07) is 11.9. The van der Waals surface area contributed by atoms with E-state index in [1.165, 1.54) is 23.5 Å². The maximum absolute atomic E-state index is 10.7. The van der Waals surface area contributed by atoms with Gasteiger partial charge in [0.1, 0.15) is 11.1 Å². The third-order valence-corrected chi connectivity index (χ3v) is 4.12. The molecule has 0 fully saturated rings. The molecule has 0 spiro atoms. The molecule has 3 aromatic rings. The second kappa shape index (κ2) is 6.81. The van der Waals surface area contributed by atoms with Gasteiger partial charge in [-0.05, 0) is 35.9 Å². The zero-order chi connectivity index (χ0) is 16.9. The molecule has 0 bridgehead atoms. The standard InChI is InChI=1S/C17H10N4O2S/c18-10-14(9-12-1-3-15(4-2-12)21(22)23)17-20-16(11-24-17)13-5-7-19-8-6-13/h1-9,11H. The first kappa shape index (κ1) is 15.5. The Kier molecular flexibility index (Phi) is 4.40. The van der Waals surface area contributed by atoms with Gasteiger partial charge in [-0.2, -0.15) is 5.26 Å². The van der Waals surface area contributed by atoms with Crippen LogP contribution in [0.2, 0.25) is 0 Å². The van der Waals surface area contributed by atoms with Crippen molar-refractivity contribution in [3.8, 4) is 17.3 Å². The lowest BCUT2D eigenvalue weighted by atomic mass is 10.1. The third kappa shape index (κ3) is 3.34. The highest BCUT2D eigenvalue weighted by Gasteiger charge is 2.10. The van der Waals surface area contributed by atoms with Crippen molar-refractivity contribution >= 4 is 28.7 Å². The molecule has 3 rings (SSSR count). The molecule has 0 aliphatic carbocycles. The van der Waals surface area contributed by atoms with E-state index in [2.05, 4.69) is 16.0 Å². The monoisotopic (exact) mass is 334 g/mol. The fraction of sp³-hybridized carbons (Fsp3) is 0. The van der Waals surface area contributed by atoms with Gasteiger partial charge in [0.05, 0.1) is 16.2 Å². The summed E-state index contributed by atoms with van der Waals surface area (Å²) in [5.74, 6) is 0. The maximum Gasteiger partial charge on any atom is 0.269 e. The number of rotatable bonds is 4. The van der Waals surface area contributed by atoms with Crippen LogP contribution >= 0.6 is 11.3 Å². The van der Waals surface area contributed by atoms with Crippen LogP contribution in [0, 0.1) is 21.4 Å². The molecule has 24 heavy (non-hydrogen) atoms. The maximum atomic E-state index is 10.7. The van der Waals surface area contributed by atoms with Gasteiger partial charge in [0.2, 0.25) is 0 Å². The van der Waals surface area contributed by atoms with Crippen LogP contribution in [0.4, 0.5) is 5.69 Å². The summed E-state index contributed by atoms with van der Waals surface area (Å²) in [7, 11) is 0. The summed E-state index contributed by atoms with van der Waals surface area (Å²) >= 11 is 1.37. The number of pyridine rings is 1. The van der Waals surface area contributed by atoms with E-state index in [1.54, 1.807) is 30.6 Å². The molecular weight excluding hydrogens is 324 g/mol. The average Bonchev–Trinajstić information content (AvgIpc) is 3.11. The lowest BCUT2D eigenvalue weighted by Gasteiger charge is -1.97. The van der Waals surface area contributed by atoms with Crippen LogP contribution in [-0.2, 0) is 0 Å². The Hall–Kier alpha value is -3.37. The average molecular weight is 334 g/mol. The topological polar surface area (TPSA) is 92.7 Å². The highest BCUT2D eigenvalue weighted by Crippen LogP contribution is 2.27. The number of thiazole rings is 1. The normalized spacial score (nSPS) is 11.0. The molecule has 0 amide bonds. The summed E-state index contributed by atoms with van der Waals surface area (Å²) in [4.78, 5) is 18.7. The summed E-state index contributed by atoms with van der Waals surface area (Å²) < 4.78 is 0. The predicted molar refractivity (Wildman–Crippen MR) is 91.9 cm³/mol. The molecule has 0 aliphatic rings.